The Kier molecular flexibility index (Phi) is 3.66. The summed E-state index contributed by atoms with van der Waals surface area (Å²) in [5, 5.41) is 9.46. The first-order valence-corrected chi connectivity index (χ1v) is 5.07. The number of alkyl halides is 1. The van der Waals surface area contributed by atoms with Crippen LogP contribution in [0.25, 0.3) is 0 Å². The van der Waals surface area contributed by atoms with Gasteiger partial charge in [-0.25, -0.2) is 0 Å². The minimum Gasteiger partial charge on any atom is -0.425 e. The van der Waals surface area contributed by atoms with Gasteiger partial charge in [0.1, 0.15) is 11.8 Å². The van der Waals surface area contributed by atoms with E-state index >= 15 is 0 Å². The lowest BCUT2D eigenvalue weighted by atomic mass is 10.1. The average molecular weight is 254 g/mol. The molecule has 1 rings (SSSR count). The van der Waals surface area contributed by atoms with Gasteiger partial charge in [0.2, 0.25) is 0 Å². The van der Waals surface area contributed by atoms with Crippen molar-refractivity contribution in [2.24, 2.45) is 0 Å². The van der Waals surface area contributed by atoms with Crippen molar-refractivity contribution < 1.29 is 9.53 Å². The molecular formula is C10H8BrNO2. The lowest BCUT2D eigenvalue weighted by Crippen LogP contribution is -2.03. The SMILES string of the molecule is CC(=O)Oc1ccc(CBr)cc1C#N. The molecule has 0 N–H and O–H groups in total. The fourth-order valence-electron chi connectivity index (χ4n) is 0.991. The Morgan fingerprint density at radius 3 is 2.86 bits per heavy atom. The molecule has 0 bridgehead atoms. The van der Waals surface area contributed by atoms with Crippen molar-refractivity contribution in [1.82, 2.24) is 0 Å². The Balaban J connectivity index is 3.07. The standard InChI is InChI=1S/C10H8BrNO2/c1-7(13)14-10-3-2-8(5-11)4-9(10)6-12/h2-4H,5H2,1H3. The van der Waals surface area contributed by atoms with Crippen LogP contribution in [0.5, 0.6) is 5.75 Å². The van der Waals surface area contributed by atoms with Crippen LogP contribution in [0.4, 0.5) is 0 Å². The average Bonchev–Trinajstić information content (AvgIpc) is 2.17. The third-order valence-corrected chi connectivity index (χ3v) is 2.22. The Morgan fingerprint density at radius 1 is 1.64 bits per heavy atom. The molecule has 4 heteroatoms. The molecule has 1 aromatic carbocycles. The maximum atomic E-state index is 10.7. The normalized spacial score (nSPS) is 9.21. The molecule has 72 valence electrons. The molecule has 3 nitrogen and oxygen atoms in total. The van der Waals surface area contributed by atoms with E-state index in [9.17, 15) is 4.79 Å². The molecule has 0 aliphatic rings. The molecule has 0 aromatic heterocycles. The van der Waals surface area contributed by atoms with Gasteiger partial charge in [0.15, 0.2) is 0 Å². The summed E-state index contributed by atoms with van der Waals surface area (Å²) in [5.41, 5.74) is 1.34. The van der Waals surface area contributed by atoms with E-state index in [-0.39, 0.29) is 0 Å². The molecule has 0 atom stereocenters. The highest BCUT2D eigenvalue weighted by atomic mass is 79.9. The lowest BCUT2D eigenvalue weighted by Gasteiger charge is -2.04. The van der Waals surface area contributed by atoms with E-state index in [4.69, 9.17) is 10.00 Å². The van der Waals surface area contributed by atoms with Gasteiger partial charge in [-0.1, -0.05) is 22.0 Å². The Hall–Kier alpha value is -1.34. The van der Waals surface area contributed by atoms with Crippen LogP contribution >= 0.6 is 15.9 Å². The van der Waals surface area contributed by atoms with Gasteiger partial charge in [-0.15, -0.1) is 0 Å². The molecule has 0 unspecified atom stereocenters. The lowest BCUT2D eigenvalue weighted by molar-refractivity contribution is -0.131. The minimum absolute atomic E-state index is 0.310. The van der Waals surface area contributed by atoms with E-state index in [1.165, 1.54) is 6.92 Å². The third kappa shape index (κ3) is 2.57. The smallest absolute Gasteiger partial charge is 0.308 e. The second-order valence-electron chi connectivity index (χ2n) is 2.67. The number of nitriles is 1. The van der Waals surface area contributed by atoms with Crippen LogP contribution in [0.1, 0.15) is 18.1 Å². The van der Waals surface area contributed by atoms with Crippen molar-refractivity contribution in [2.45, 2.75) is 12.3 Å². The molecule has 0 spiro atoms. The zero-order valence-electron chi connectivity index (χ0n) is 7.58. The summed E-state index contributed by atoms with van der Waals surface area (Å²) in [7, 11) is 0. The highest BCUT2D eigenvalue weighted by molar-refractivity contribution is 9.08. The predicted octanol–water partition coefficient (Wildman–Crippen LogP) is 2.38. The van der Waals surface area contributed by atoms with Gasteiger partial charge in [-0.3, -0.25) is 4.79 Å². The molecule has 0 saturated heterocycles. The molecule has 0 heterocycles. The number of carbonyl (C=O) groups excluding carboxylic acids is 1. The van der Waals surface area contributed by atoms with Crippen molar-refractivity contribution in [1.29, 1.82) is 5.26 Å². The highest BCUT2D eigenvalue weighted by Crippen LogP contribution is 2.20. The van der Waals surface area contributed by atoms with E-state index < -0.39 is 5.97 Å². The van der Waals surface area contributed by atoms with Gasteiger partial charge in [0.25, 0.3) is 0 Å². The molecule has 0 aliphatic heterocycles. The molecule has 0 saturated carbocycles. The summed E-state index contributed by atoms with van der Waals surface area (Å²) in [6.45, 7) is 1.31. The Morgan fingerprint density at radius 2 is 2.36 bits per heavy atom. The van der Waals surface area contributed by atoms with E-state index in [1.54, 1.807) is 18.2 Å². The van der Waals surface area contributed by atoms with E-state index in [0.29, 0.717) is 16.6 Å². The van der Waals surface area contributed by atoms with Crippen LogP contribution in [-0.4, -0.2) is 5.97 Å². The number of halogens is 1. The summed E-state index contributed by atoms with van der Waals surface area (Å²) < 4.78 is 4.86. The quantitative estimate of drug-likeness (QED) is 0.462. The minimum atomic E-state index is -0.423. The van der Waals surface area contributed by atoms with Crippen LogP contribution in [0, 0.1) is 11.3 Å². The molecule has 0 fully saturated rings. The van der Waals surface area contributed by atoms with Crippen LogP contribution < -0.4 is 4.74 Å². The van der Waals surface area contributed by atoms with E-state index in [0.717, 1.165) is 5.56 Å². The Bertz CT molecular complexity index is 396. The fraction of sp³-hybridized carbons (Fsp3) is 0.200. The summed E-state index contributed by atoms with van der Waals surface area (Å²) in [5.74, 6) is -0.113. The molecule has 0 aliphatic carbocycles. The van der Waals surface area contributed by atoms with Crippen LogP contribution in [-0.2, 0) is 10.1 Å². The van der Waals surface area contributed by atoms with E-state index in [2.05, 4.69) is 15.9 Å². The number of carbonyl (C=O) groups is 1. The zero-order valence-corrected chi connectivity index (χ0v) is 9.17. The largest absolute Gasteiger partial charge is 0.425 e. The molecule has 0 amide bonds. The van der Waals surface area contributed by atoms with Crippen molar-refractivity contribution in [2.75, 3.05) is 0 Å². The van der Waals surface area contributed by atoms with Crippen LogP contribution in [0.15, 0.2) is 18.2 Å². The van der Waals surface area contributed by atoms with Gasteiger partial charge in [0.05, 0.1) is 5.56 Å². The van der Waals surface area contributed by atoms with Gasteiger partial charge >= 0.3 is 5.97 Å². The van der Waals surface area contributed by atoms with Gasteiger partial charge < -0.3 is 4.74 Å². The molecule has 1 aromatic rings. The van der Waals surface area contributed by atoms with Crippen LogP contribution in [0.2, 0.25) is 0 Å². The maximum Gasteiger partial charge on any atom is 0.308 e. The number of esters is 1. The summed E-state index contributed by atoms with van der Waals surface area (Å²) >= 11 is 3.28. The predicted molar refractivity (Wildman–Crippen MR) is 55.1 cm³/mol. The van der Waals surface area contributed by atoms with Crippen molar-refractivity contribution in [3.05, 3.63) is 29.3 Å². The second-order valence-corrected chi connectivity index (χ2v) is 3.23. The van der Waals surface area contributed by atoms with Crippen molar-refractivity contribution >= 4 is 21.9 Å². The second kappa shape index (κ2) is 4.77. The number of benzene rings is 1. The zero-order chi connectivity index (χ0) is 10.6. The van der Waals surface area contributed by atoms with Crippen molar-refractivity contribution in [3.63, 3.8) is 0 Å². The fourth-order valence-corrected chi connectivity index (χ4v) is 1.34. The first-order valence-electron chi connectivity index (χ1n) is 3.94. The topological polar surface area (TPSA) is 50.1 Å². The molecule has 0 radical (unpaired) electrons. The monoisotopic (exact) mass is 253 g/mol. The summed E-state index contributed by atoms with van der Waals surface area (Å²) in [6.07, 6.45) is 0. The van der Waals surface area contributed by atoms with Crippen molar-refractivity contribution in [3.8, 4) is 11.8 Å². The molecule has 14 heavy (non-hydrogen) atoms. The molecular weight excluding hydrogens is 246 g/mol. The summed E-state index contributed by atoms with van der Waals surface area (Å²) in [4.78, 5) is 10.7. The number of rotatable bonds is 2. The number of ether oxygens (including phenoxy) is 1. The van der Waals surface area contributed by atoms with Crippen LogP contribution in [0.3, 0.4) is 0 Å². The first-order chi connectivity index (χ1) is 6.67. The number of nitrogens with zero attached hydrogens (tertiary/aromatic N) is 1. The van der Waals surface area contributed by atoms with E-state index in [1.807, 2.05) is 6.07 Å². The third-order valence-electron chi connectivity index (χ3n) is 1.57. The number of hydrogen-bond donors (Lipinski definition) is 0. The van der Waals surface area contributed by atoms with Gasteiger partial charge in [0, 0.05) is 12.3 Å². The first kappa shape index (κ1) is 10.7. The maximum absolute atomic E-state index is 10.7. The van der Waals surface area contributed by atoms with Gasteiger partial charge in [-0.05, 0) is 17.7 Å². The Labute approximate surface area is 90.4 Å². The van der Waals surface area contributed by atoms with Gasteiger partial charge in [-0.2, -0.15) is 5.26 Å². The highest BCUT2D eigenvalue weighted by Gasteiger charge is 2.06. The summed E-state index contributed by atoms with van der Waals surface area (Å²) in [6, 6.07) is 7.09. The number of hydrogen-bond acceptors (Lipinski definition) is 3.